The summed E-state index contributed by atoms with van der Waals surface area (Å²) in [6, 6.07) is 4.14. The molecule has 1 saturated heterocycles. The van der Waals surface area contributed by atoms with Crippen molar-refractivity contribution in [3.63, 3.8) is 0 Å². The number of aromatic hydroxyl groups is 1. The summed E-state index contributed by atoms with van der Waals surface area (Å²) in [6.45, 7) is 7.90. The minimum Gasteiger partial charge on any atom is -0.503 e. The second-order valence-corrected chi connectivity index (χ2v) is 5.73. The van der Waals surface area contributed by atoms with Gasteiger partial charge in [0.1, 0.15) is 0 Å². The van der Waals surface area contributed by atoms with E-state index in [0.29, 0.717) is 10.2 Å². The predicted octanol–water partition coefficient (Wildman–Crippen LogP) is 2.69. The van der Waals surface area contributed by atoms with Gasteiger partial charge in [-0.1, -0.05) is 6.08 Å². The van der Waals surface area contributed by atoms with E-state index in [1.165, 1.54) is 0 Å². The minimum atomic E-state index is 0.147. The third-order valence-electron chi connectivity index (χ3n) is 3.64. The first-order valence-corrected chi connectivity index (χ1v) is 7.58. The van der Waals surface area contributed by atoms with Crippen LogP contribution in [0, 0.1) is 0 Å². The fourth-order valence-electron chi connectivity index (χ4n) is 2.59. The molecule has 1 heterocycles. The number of phenols is 1. The highest BCUT2D eigenvalue weighted by Gasteiger charge is 2.23. The van der Waals surface area contributed by atoms with Crippen molar-refractivity contribution in [3.05, 3.63) is 34.8 Å². The van der Waals surface area contributed by atoms with Gasteiger partial charge in [0.25, 0.3) is 0 Å². The molecule has 5 heteroatoms. The van der Waals surface area contributed by atoms with Gasteiger partial charge in [0.15, 0.2) is 11.5 Å². The number of benzene rings is 1. The lowest BCUT2D eigenvalue weighted by atomic mass is 10.0. The van der Waals surface area contributed by atoms with Gasteiger partial charge in [-0.05, 0) is 40.0 Å². The zero-order valence-electron chi connectivity index (χ0n) is 11.7. The molecule has 4 nitrogen and oxygen atoms in total. The maximum absolute atomic E-state index is 9.93. The minimum absolute atomic E-state index is 0.147. The van der Waals surface area contributed by atoms with Crippen molar-refractivity contribution in [2.75, 3.05) is 33.3 Å². The lowest BCUT2D eigenvalue weighted by Crippen LogP contribution is -2.45. The number of nitrogens with one attached hydrogen (secondary N) is 1. The Bertz CT molecular complexity index is 473. The number of rotatable bonds is 5. The van der Waals surface area contributed by atoms with Gasteiger partial charge in [-0.3, -0.25) is 4.90 Å². The average molecular weight is 341 g/mol. The van der Waals surface area contributed by atoms with E-state index in [0.717, 1.165) is 38.2 Å². The van der Waals surface area contributed by atoms with Crippen LogP contribution in [0.3, 0.4) is 0 Å². The first-order valence-electron chi connectivity index (χ1n) is 6.79. The molecule has 1 atom stereocenters. The quantitative estimate of drug-likeness (QED) is 0.809. The summed E-state index contributed by atoms with van der Waals surface area (Å²) in [5, 5.41) is 13.3. The molecule has 20 heavy (non-hydrogen) atoms. The summed E-state index contributed by atoms with van der Waals surface area (Å²) in [6.07, 6.45) is 2.82. The number of ether oxygens (including phenoxy) is 1. The predicted molar refractivity (Wildman–Crippen MR) is 84.4 cm³/mol. The second kappa shape index (κ2) is 7.11. The molecule has 0 aromatic heterocycles. The largest absolute Gasteiger partial charge is 0.503 e. The number of halogens is 1. The fraction of sp³-hybridized carbons (Fsp3) is 0.467. The zero-order valence-corrected chi connectivity index (χ0v) is 13.3. The second-order valence-electron chi connectivity index (χ2n) is 4.88. The Morgan fingerprint density at radius 2 is 2.20 bits per heavy atom. The van der Waals surface area contributed by atoms with Crippen LogP contribution in [0.1, 0.15) is 18.0 Å². The Morgan fingerprint density at radius 3 is 2.80 bits per heavy atom. The van der Waals surface area contributed by atoms with E-state index in [1.807, 2.05) is 18.2 Å². The monoisotopic (exact) mass is 340 g/mol. The molecule has 1 aromatic rings. The van der Waals surface area contributed by atoms with E-state index in [9.17, 15) is 5.11 Å². The SMILES string of the molecule is C=CC[C@H](c1cc(Br)c(O)c(OC)c1)N1CCNCC1. The average Bonchev–Trinajstić information content (AvgIpc) is 2.48. The number of phenolic OH excluding ortho intramolecular Hbond substituents is 1. The Morgan fingerprint density at radius 1 is 1.50 bits per heavy atom. The number of hydrogen-bond donors (Lipinski definition) is 2. The highest BCUT2D eigenvalue weighted by molar-refractivity contribution is 9.10. The van der Waals surface area contributed by atoms with Crippen LogP contribution in [-0.2, 0) is 0 Å². The van der Waals surface area contributed by atoms with Gasteiger partial charge in [0.05, 0.1) is 11.6 Å². The molecule has 110 valence electrons. The van der Waals surface area contributed by atoms with E-state index in [-0.39, 0.29) is 11.8 Å². The van der Waals surface area contributed by atoms with Gasteiger partial charge in [0, 0.05) is 32.2 Å². The smallest absolute Gasteiger partial charge is 0.172 e. The molecule has 1 aliphatic heterocycles. The zero-order chi connectivity index (χ0) is 14.5. The van der Waals surface area contributed by atoms with Crippen LogP contribution < -0.4 is 10.1 Å². The van der Waals surface area contributed by atoms with Crippen molar-refractivity contribution in [2.24, 2.45) is 0 Å². The molecule has 1 aromatic carbocycles. The normalized spacial score (nSPS) is 17.7. The third kappa shape index (κ3) is 3.34. The van der Waals surface area contributed by atoms with E-state index in [1.54, 1.807) is 7.11 Å². The number of methoxy groups -OCH3 is 1. The Labute approximate surface area is 128 Å². The van der Waals surface area contributed by atoms with Crippen LogP contribution in [0.5, 0.6) is 11.5 Å². The van der Waals surface area contributed by atoms with Gasteiger partial charge < -0.3 is 15.2 Å². The molecule has 2 N–H and O–H groups in total. The molecule has 0 unspecified atom stereocenters. The lowest BCUT2D eigenvalue weighted by molar-refractivity contribution is 0.174. The fourth-order valence-corrected chi connectivity index (χ4v) is 3.05. The standard InChI is InChI=1S/C15H21BrN2O2/c1-3-4-13(18-7-5-17-6-8-18)11-9-12(16)15(19)14(10-11)20-2/h3,9-10,13,17,19H,1,4-8H2,2H3/t13-/m1/s1. The molecule has 2 rings (SSSR count). The van der Waals surface area contributed by atoms with Crippen molar-refractivity contribution >= 4 is 15.9 Å². The number of piperazine rings is 1. The molecule has 1 fully saturated rings. The van der Waals surface area contributed by atoms with Gasteiger partial charge in [-0.15, -0.1) is 6.58 Å². The van der Waals surface area contributed by atoms with Crippen LogP contribution in [0.25, 0.3) is 0 Å². The molecule has 0 amide bonds. The van der Waals surface area contributed by atoms with Crippen molar-refractivity contribution in [3.8, 4) is 11.5 Å². The van der Waals surface area contributed by atoms with Gasteiger partial charge in [-0.25, -0.2) is 0 Å². The highest BCUT2D eigenvalue weighted by atomic mass is 79.9. The first kappa shape index (κ1) is 15.4. The van der Waals surface area contributed by atoms with Crippen molar-refractivity contribution in [1.29, 1.82) is 0 Å². The van der Waals surface area contributed by atoms with Gasteiger partial charge in [-0.2, -0.15) is 0 Å². The van der Waals surface area contributed by atoms with Gasteiger partial charge in [0.2, 0.25) is 0 Å². The molecule has 0 spiro atoms. The molecule has 0 radical (unpaired) electrons. The van der Waals surface area contributed by atoms with Crippen LogP contribution in [-0.4, -0.2) is 43.3 Å². The summed E-state index contributed by atoms with van der Waals surface area (Å²) in [4.78, 5) is 2.44. The summed E-state index contributed by atoms with van der Waals surface area (Å²) in [5.41, 5.74) is 1.13. The summed E-state index contributed by atoms with van der Waals surface area (Å²) in [7, 11) is 1.57. The lowest BCUT2D eigenvalue weighted by Gasteiger charge is -2.35. The van der Waals surface area contributed by atoms with Crippen LogP contribution in [0.15, 0.2) is 29.3 Å². The Hall–Kier alpha value is -1.04. The number of nitrogens with zero attached hydrogens (tertiary/aromatic N) is 1. The first-order chi connectivity index (χ1) is 9.67. The molecule has 0 bridgehead atoms. The van der Waals surface area contributed by atoms with E-state index < -0.39 is 0 Å². The maximum Gasteiger partial charge on any atom is 0.172 e. The molecular weight excluding hydrogens is 320 g/mol. The number of hydrogen-bond acceptors (Lipinski definition) is 4. The van der Waals surface area contributed by atoms with Crippen LogP contribution in [0.4, 0.5) is 0 Å². The molecule has 0 aliphatic carbocycles. The van der Waals surface area contributed by atoms with Crippen LogP contribution >= 0.6 is 15.9 Å². The Kier molecular flexibility index (Phi) is 5.46. The van der Waals surface area contributed by atoms with Crippen molar-refractivity contribution in [2.45, 2.75) is 12.5 Å². The topological polar surface area (TPSA) is 44.7 Å². The Balaban J connectivity index is 2.32. The van der Waals surface area contributed by atoms with E-state index >= 15 is 0 Å². The maximum atomic E-state index is 9.93. The third-order valence-corrected chi connectivity index (χ3v) is 4.24. The highest BCUT2D eigenvalue weighted by Crippen LogP contribution is 2.38. The van der Waals surface area contributed by atoms with Gasteiger partial charge >= 0.3 is 0 Å². The summed E-state index contributed by atoms with van der Waals surface area (Å²) < 4.78 is 5.91. The summed E-state index contributed by atoms with van der Waals surface area (Å²) in [5.74, 6) is 0.646. The van der Waals surface area contributed by atoms with Crippen LogP contribution in [0.2, 0.25) is 0 Å². The molecular formula is C15H21BrN2O2. The molecule has 0 saturated carbocycles. The summed E-state index contributed by atoms with van der Waals surface area (Å²) >= 11 is 3.39. The van der Waals surface area contributed by atoms with Crippen molar-refractivity contribution in [1.82, 2.24) is 10.2 Å². The van der Waals surface area contributed by atoms with E-state index in [2.05, 4.69) is 32.7 Å². The molecule has 1 aliphatic rings. The van der Waals surface area contributed by atoms with E-state index in [4.69, 9.17) is 4.74 Å². The van der Waals surface area contributed by atoms with Crippen molar-refractivity contribution < 1.29 is 9.84 Å².